The highest BCUT2D eigenvalue weighted by Crippen LogP contribution is 2.23. The van der Waals surface area contributed by atoms with Crippen LogP contribution in [0.1, 0.15) is 16.2 Å². The van der Waals surface area contributed by atoms with Gasteiger partial charge in [-0.05, 0) is 30.3 Å². The fraction of sp³-hybridized carbons (Fsp3) is 0.150. The van der Waals surface area contributed by atoms with Gasteiger partial charge in [-0.15, -0.1) is 0 Å². The highest BCUT2D eigenvalue weighted by molar-refractivity contribution is 5.93. The molecule has 136 valence electrons. The minimum atomic E-state index is -0.145. The van der Waals surface area contributed by atoms with Gasteiger partial charge >= 0.3 is 0 Å². The molecule has 7 heteroatoms. The number of imidazole rings is 1. The molecular weight excluding hydrogens is 342 g/mol. The number of nitrogens with zero attached hydrogens (tertiary/aromatic N) is 4. The first-order valence-corrected chi connectivity index (χ1v) is 8.52. The van der Waals surface area contributed by atoms with Crippen molar-refractivity contribution >= 4 is 11.6 Å². The molecule has 4 rings (SSSR count). The Bertz CT molecular complexity index is 1070. The molecular formula is C20H19N5O2. The van der Waals surface area contributed by atoms with Crippen LogP contribution in [0.25, 0.3) is 16.9 Å². The number of ether oxygens (including phenoxy) is 1. The van der Waals surface area contributed by atoms with Crippen molar-refractivity contribution in [1.82, 2.24) is 24.5 Å². The Morgan fingerprint density at radius 3 is 2.93 bits per heavy atom. The van der Waals surface area contributed by atoms with Gasteiger partial charge in [0.15, 0.2) is 0 Å². The van der Waals surface area contributed by atoms with E-state index < -0.39 is 0 Å². The minimum absolute atomic E-state index is 0.145. The number of carbonyl (C=O) groups is 1. The molecule has 0 atom stereocenters. The number of rotatable bonds is 5. The summed E-state index contributed by atoms with van der Waals surface area (Å²) in [6, 6.07) is 15.1. The molecule has 0 aliphatic heterocycles. The van der Waals surface area contributed by atoms with Gasteiger partial charge in [0.05, 0.1) is 25.0 Å². The molecule has 0 saturated carbocycles. The topological polar surface area (TPSA) is 75.5 Å². The lowest BCUT2D eigenvalue weighted by molar-refractivity contribution is 0.0777. The Kier molecular flexibility index (Phi) is 4.33. The Morgan fingerprint density at radius 2 is 2.11 bits per heavy atom. The lowest BCUT2D eigenvalue weighted by atomic mass is 10.1. The van der Waals surface area contributed by atoms with Gasteiger partial charge in [-0.25, -0.2) is 4.98 Å². The molecule has 1 amide bonds. The zero-order valence-electron chi connectivity index (χ0n) is 15.1. The first kappa shape index (κ1) is 16.8. The average molecular weight is 361 g/mol. The van der Waals surface area contributed by atoms with Crippen molar-refractivity contribution in [3.05, 3.63) is 72.3 Å². The van der Waals surface area contributed by atoms with Crippen LogP contribution in [-0.2, 0) is 6.54 Å². The van der Waals surface area contributed by atoms with Gasteiger partial charge in [-0.3, -0.25) is 9.89 Å². The van der Waals surface area contributed by atoms with Crippen LogP contribution >= 0.6 is 0 Å². The van der Waals surface area contributed by atoms with E-state index in [0.717, 1.165) is 22.7 Å². The number of pyridine rings is 1. The van der Waals surface area contributed by atoms with Crippen LogP contribution in [0, 0.1) is 0 Å². The maximum atomic E-state index is 12.7. The van der Waals surface area contributed by atoms with Crippen molar-refractivity contribution in [1.29, 1.82) is 0 Å². The molecule has 3 aromatic heterocycles. The van der Waals surface area contributed by atoms with E-state index in [9.17, 15) is 4.79 Å². The first-order valence-electron chi connectivity index (χ1n) is 8.52. The van der Waals surface area contributed by atoms with Gasteiger partial charge in [-0.1, -0.05) is 18.2 Å². The molecule has 0 saturated heterocycles. The number of amides is 1. The van der Waals surface area contributed by atoms with E-state index in [1.165, 1.54) is 0 Å². The van der Waals surface area contributed by atoms with Crippen molar-refractivity contribution in [3.8, 4) is 17.0 Å². The zero-order valence-corrected chi connectivity index (χ0v) is 15.1. The molecule has 1 N–H and O–H groups in total. The third-order valence-corrected chi connectivity index (χ3v) is 4.33. The molecule has 0 radical (unpaired) electrons. The van der Waals surface area contributed by atoms with Crippen molar-refractivity contribution in [3.63, 3.8) is 0 Å². The summed E-state index contributed by atoms with van der Waals surface area (Å²) >= 11 is 0. The Labute approximate surface area is 156 Å². The number of fused-ring (bicyclic) bond motifs is 1. The highest BCUT2D eigenvalue weighted by atomic mass is 16.5. The van der Waals surface area contributed by atoms with Crippen LogP contribution < -0.4 is 4.74 Å². The Hall–Kier alpha value is -3.61. The fourth-order valence-electron chi connectivity index (χ4n) is 2.95. The van der Waals surface area contributed by atoms with Gasteiger partial charge in [-0.2, -0.15) is 5.10 Å². The largest absolute Gasteiger partial charge is 0.497 e. The maximum absolute atomic E-state index is 12.7. The normalized spacial score (nSPS) is 10.9. The van der Waals surface area contributed by atoms with Crippen molar-refractivity contribution in [2.75, 3.05) is 14.2 Å². The summed E-state index contributed by atoms with van der Waals surface area (Å²) in [6.45, 7) is 0.411. The van der Waals surface area contributed by atoms with Crippen LogP contribution in [-0.4, -0.2) is 44.5 Å². The van der Waals surface area contributed by atoms with E-state index in [4.69, 9.17) is 4.74 Å². The van der Waals surface area contributed by atoms with E-state index in [1.54, 1.807) is 25.1 Å². The van der Waals surface area contributed by atoms with Gasteiger partial charge in [0, 0.05) is 25.0 Å². The number of aromatic amines is 1. The number of aromatic nitrogens is 4. The predicted octanol–water partition coefficient (Wildman–Crippen LogP) is 3.01. The van der Waals surface area contributed by atoms with Crippen LogP contribution in [0.2, 0.25) is 0 Å². The Balaban J connectivity index is 1.51. The molecule has 0 aliphatic rings. The van der Waals surface area contributed by atoms with Crippen LogP contribution in [0.5, 0.6) is 5.75 Å². The van der Waals surface area contributed by atoms with E-state index in [0.29, 0.717) is 17.9 Å². The number of hydrogen-bond acceptors (Lipinski definition) is 4. The van der Waals surface area contributed by atoms with Crippen LogP contribution in [0.15, 0.2) is 60.9 Å². The summed E-state index contributed by atoms with van der Waals surface area (Å²) in [5, 5.41) is 7.09. The molecule has 0 fully saturated rings. The molecule has 0 aliphatic carbocycles. The summed E-state index contributed by atoms with van der Waals surface area (Å²) in [5.41, 5.74) is 3.69. The second-order valence-corrected chi connectivity index (χ2v) is 6.26. The smallest absolute Gasteiger partial charge is 0.271 e. The van der Waals surface area contributed by atoms with E-state index in [1.807, 2.05) is 59.3 Å². The van der Waals surface area contributed by atoms with E-state index in [-0.39, 0.29) is 5.91 Å². The molecule has 7 nitrogen and oxygen atoms in total. The fourth-order valence-corrected chi connectivity index (χ4v) is 2.95. The van der Waals surface area contributed by atoms with E-state index in [2.05, 4.69) is 15.2 Å². The number of hydrogen-bond donors (Lipinski definition) is 1. The zero-order chi connectivity index (χ0) is 18.8. The molecule has 3 heterocycles. The molecule has 0 bridgehead atoms. The van der Waals surface area contributed by atoms with Gasteiger partial charge in [0.2, 0.25) is 0 Å². The average Bonchev–Trinajstić information content (AvgIpc) is 3.34. The number of nitrogens with one attached hydrogen (secondary N) is 1. The second kappa shape index (κ2) is 6.95. The van der Waals surface area contributed by atoms with Gasteiger partial charge < -0.3 is 14.0 Å². The van der Waals surface area contributed by atoms with Crippen molar-refractivity contribution in [2.45, 2.75) is 6.54 Å². The summed E-state index contributed by atoms with van der Waals surface area (Å²) in [4.78, 5) is 18.9. The summed E-state index contributed by atoms with van der Waals surface area (Å²) in [7, 11) is 3.37. The maximum Gasteiger partial charge on any atom is 0.271 e. The van der Waals surface area contributed by atoms with Crippen molar-refractivity contribution in [2.24, 2.45) is 0 Å². The first-order chi connectivity index (χ1) is 13.1. The van der Waals surface area contributed by atoms with E-state index >= 15 is 0 Å². The van der Waals surface area contributed by atoms with Gasteiger partial charge in [0.25, 0.3) is 5.91 Å². The quantitative estimate of drug-likeness (QED) is 0.593. The Morgan fingerprint density at radius 1 is 1.22 bits per heavy atom. The number of methoxy groups -OCH3 is 1. The summed E-state index contributed by atoms with van der Waals surface area (Å²) in [6.07, 6.45) is 3.86. The van der Waals surface area contributed by atoms with Crippen LogP contribution in [0.4, 0.5) is 0 Å². The predicted molar refractivity (Wildman–Crippen MR) is 102 cm³/mol. The van der Waals surface area contributed by atoms with Crippen molar-refractivity contribution < 1.29 is 9.53 Å². The lowest BCUT2D eigenvalue weighted by Crippen LogP contribution is -2.26. The number of benzene rings is 1. The molecule has 1 aromatic carbocycles. The summed E-state index contributed by atoms with van der Waals surface area (Å²) in [5.74, 6) is 0.598. The monoisotopic (exact) mass is 361 g/mol. The second-order valence-electron chi connectivity index (χ2n) is 6.26. The standard InChI is InChI=1S/C20H19N5O2/c1-24(12-15-13-25-9-4-3-8-19(25)21-15)20(26)18-11-17(22-23-18)14-6-5-7-16(10-14)27-2/h3-11,13H,12H2,1-2H3,(H,22,23). The lowest BCUT2D eigenvalue weighted by Gasteiger charge is -2.14. The molecule has 4 aromatic rings. The number of carbonyl (C=O) groups excluding carboxylic acids is 1. The summed E-state index contributed by atoms with van der Waals surface area (Å²) < 4.78 is 7.17. The SMILES string of the molecule is COc1cccc(-c2cc(C(=O)N(C)Cc3cn4ccccc4n3)[nH]n2)c1. The molecule has 0 unspecified atom stereocenters. The van der Waals surface area contributed by atoms with Gasteiger partial charge in [0.1, 0.15) is 17.1 Å². The molecule has 0 spiro atoms. The highest BCUT2D eigenvalue weighted by Gasteiger charge is 2.17. The third kappa shape index (κ3) is 3.39. The minimum Gasteiger partial charge on any atom is -0.497 e. The molecule has 27 heavy (non-hydrogen) atoms. The third-order valence-electron chi connectivity index (χ3n) is 4.33. The number of H-pyrrole nitrogens is 1. The van der Waals surface area contributed by atoms with Crippen LogP contribution in [0.3, 0.4) is 0 Å².